The molecule has 114 valence electrons. The summed E-state index contributed by atoms with van der Waals surface area (Å²) in [5, 5.41) is 4.05. The minimum Gasteiger partial charge on any atom is -0.399 e. The van der Waals surface area contributed by atoms with Crippen LogP contribution < -0.4 is 10.5 Å². The molecule has 0 saturated carbocycles. The Labute approximate surface area is 125 Å². The Morgan fingerprint density at radius 1 is 1.33 bits per heavy atom. The molecule has 7 heteroatoms. The van der Waals surface area contributed by atoms with Crippen molar-refractivity contribution in [3.05, 3.63) is 41.7 Å². The molecule has 0 aliphatic heterocycles. The fourth-order valence-electron chi connectivity index (χ4n) is 2.15. The lowest BCUT2D eigenvalue weighted by molar-refractivity contribution is 0.578. The van der Waals surface area contributed by atoms with Crippen LogP contribution >= 0.6 is 0 Å². The number of benzene rings is 1. The lowest BCUT2D eigenvalue weighted by Gasteiger charge is -2.11. The lowest BCUT2D eigenvalue weighted by Crippen LogP contribution is -2.27. The van der Waals surface area contributed by atoms with Gasteiger partial charge in [-0.15, -0.1) is 0 Å². The highest BCUT2D eigenvalue weighted by molar-refractivity contribution is 7.89. The first-order valence-corrected chi connectivity index (χ1v) is 8.27. The number of sulfonamides is 1. The highest BCUT2D eigenvalue weighted by atomic mass is 32.2. The summed E-state index contributed by atoms with van der Waals surface area (Å²) in [5.41, 5.74) is 7.88. The van der Waals surface area contributed by atoms with Crippen molar-refractivity contribution >= 4 is 15.7 Å². The molecule has 0 radical (unpaired) electrons. The third-order valence-corrected chi connectivity index (χ3v) is 4.90. The summed E-state index contributed by atoms with van der Waals surface area (Å²) in [6.45, 7) is 2.24. The van der Waals surface area contributed by atoms with E-state index in [1.54, 1.807) is 23.0 Å². The van der Waals surface area contributed by atoms with Crippen molar-refractivity contribution in [2.75, 3.05) is 12.3 Å². The van der Waals surface area contributed by atoms with Crippen molar-refractivity contribution in [2.24, 2.45) is 7.05 Å². The van der Waals surface area contributed by atoms with Crippen LogP contribution in [0.15, 0.2) is 35.4 Å². The molecule has 0 amide bonds. The van der Waals surface area contributed by atoms with Gasteiger partial charge in [-0.1, -0.05) is 13.0 Å². The van der Waals surface area contributed by atoms with E-state index in [1.165, 1.54) is 6.07 Å². The molecule has 3 N–H and O–H groups in total. The summed E-state index contributed by atoms with van der Waals surface area (Å²) < 4.78 is 29.1. The van der Waals surface area contributed by atoms with Gasteiger partial charge in [-0.25, -0.2) is 13.1 Å². The quantitative estimate of drug-likeness (QED) is 0.782. The molecule has 2 aromatic rings. The van der Waals surface area contributed by atoms with E-state index in [0.717, 1.165) is 11.3 Å². The first-order valence-electron chi connectivity index (χ1n) is 6.79. The molecule has 0 aliphatic rings. The van der Waals surface area contributed by atoms with Crippen molar-refractivity contribution in [1.82, 2.24) is 14.5 Å². The Kier molecular flexibility index (Phi) is 4.64. The standard InChI is InChI=1S/C14H20N4O2S/c1-3-11-4-5-12(15)10-14(11)21(19,20)17-9-7-13-6-8-16-18(13)2/h4-6,8,10,17H,3,7,9,15H2,1-2H3. The van der Waals surface area contributed by atoms with Crippen LogP contribution in [-0.2, 0) is 29.9 Å². The first kappa shape index (κ1) is 15.5. The van der Waals surface area contributed by atoms with Gasteiger partial charge in [0, 0.05) is 37.6 Å². The number of nitrogens with two attached hydrogens (primary N) is 1. The largest absolute Gasteiger partial charge is 0.399 e. The predicted molar refractivity (Wildman–Crippen MR) is 82.3 cm³/mol. The molecule has 1 heterocycles. The van der Waals surface area contributed by atoms with Gasteiger partial charge in [0.2, 0.25) is 10.0 Å². The Hall–Kier alpha value is -1.86. The van der Waals surface area contributed by atoms with E-state index < -0.39 is 10.0 Å². The van der Waals surface area contributed by atoms with E-state index >= 15 is 0 Å². The lowest BCUT2D eigenvalue weighted by atomic mass is 10.1. The van der Waals surface area contributed by atoms with E-state index in [-0.39, 0.29) is 4.90 Å². The molecule has 1 aromatic carbocycles. The molecule has 21 heavy (non-hydrogen) atoms. The number of aryl methyl sites for hydroxylation is 2. The number of hydrogen-bond donors (Lipinski definition) is 2. The summed E-state index contributed by atoms with van der Waals surface area (Å²) in [4.78, 5) is 0.259. The minimum atomic E-state index is -3.55. The molecule has 0 fully saturated rings. The summed E-state index contributed by atoms with van der Waals surface area (Å²) in [6.07, 6.45) is 2.91. The predicted octanol–water partition coefficient (Wildman–Crippen LogP) is 1.09. The van der Waals surface area contributed by atoms with Crippen molar-refractivity contribution in [3.8, 4) is 0 Å². The van der Waals surface area contributed by atoms with Gasteiger partial charge >= 0.3 is 0 Å². The molecule has 0 aliphatic carbocycles. The zero-order chi connectivity index (χ0) is 15.5. The normalized spacial score (nSPS) is 11.7. The van der Waals surface area contributed by atoms with Crippen LogP contribution in [0.1, 0.15) is 18.2 Å². The highest BCUT2D eigenvalue weighted by Crippen LogP contribution is 2.19. The second-order valence-corrected chi connectivity index (χ2v) is 6.55. The van der Waals surface area contributed by atoms with Gasteiger partial charge in [0.15, 0.2) is 0 Å². The first-order chi connectivity index (χ1) is 9.94. The number of aromatic nitrogens is 2. The zero-order valence-corrected chi connectivity index (χ0v) is 13.0. The van der Waals surface area contributed by atoms with Crippen molar-refractivity contribution in [1.29, 1.82) is 0 Å². The Bertz CT molecular complexity index is 722. The maximum absolute atomic E-state index is 12.4. The molecule has 2 rings (SSSR count). The number of rotatable bonds is 6. The van der Waals surface area contributed by atoms with Crippen LogP contribution in [0.3, 0.4) is 0 Å². The van der Waals surface area contributed by atoms with E-state index in [9.17, 15) is 8.42 Å². The molecule has 0 atom stereocenters. The zero-order valence-electron chi connectivity index (χ0n) is 12.2. The molecule has 0 unspecified atom stereocenters. The maximum atomic E-state index is 12.4. The van der Waals surface area contributed by atoms with Crippen molar-refractivity contribution in [2.45, 2.75) is 24.7 Å². The number of anilines is 1. The van der Waals surface area contributed by atoms with E-state index in [2.05, 4.69) is 9.82 Å². The van der Waals surface area contributed by atoms with E-state index in [4.69, 9.17) is 5.73 Å². The van der Waals surface area contributed by atoms with Gasteiger partial charge in [0.25, 0.3) is 0 Å². The Balaban J connectivity index is 2.12. The number of hydrogen-bond acceptors (Lipinski definition) is 4. The average Bonchev–Trinajstić information content (AvgIpc) is 2.84. The highest BCUT2D eigenvalue weighted by Gasteiger charge is 2.17. The molecule has 1 aromatic heterocycles. The van der Waals surface area contributed by atoms with Gasteiger partial charge < -0.3 is 5.73 Å². The van der Waals surface area contributed by atoms with Gasteiger partial charge in [-0.3, -0.25) is 4.68 Å². The summed E-state index contributed by atoms with van der Waals surface area (Å²) in [5.74, 6) is 0. The fraction of sp³-hybridized carbons (Fsp3) is 0.357. The van der Waals surface area contributed by atoms with Gasteiger partial charge in [-0.05, 0) is 30.2 Å². The SMILES string of the molecule is CCc1ccc(N)cc1S(=O)(=O)NCCc1ccnn1C. The molecular formula is C14H20N4O2S. The molecule has 0 bridgehead atoms. The van der Waals surface area contributed by atoms with Gasteiger partial charge in [0.1, 0.15) is 0 Å². The van der Waals surface area contributed by atoms with Crippen molar-refractivity contribution < 1.29 is 8.42 Å². The number of nitrogen functional groups attached to an aromatic ring is 1. The van der Waals surface area contributed by atoms with Gasteiger partial charge in [0.05, 0.1) is 4.90 Å². The van der Waals surface area contributed by atoms with Crippen LogP contribution in [0.5, 0.6) is 0 Å². The average molecular weight is 308 g/mol. The molecule has 0 saturated heterocycles. The van der Waals surface area contributed by atoms with Crippen LogP contribution in [0.4, 0.5) is 5.69 Å². The van der Waals surface area contributed by atoms with Crippen molar-refractivity contribution in [3.63, 3.8) is 0 Å². The topological polar surface area (TPSA) is 90.0 Å². The third-order valence-electron chi connectivity index (χ3n) is 3.36. The summed E-state index contributed by atoms with van der Waals surface area (Å²) in [7, 11) is -1.72. The van der Waals surface area contributed by atoms with Crippen LogP contribution in [0, 0.1) is 0 Å². The molecule has 6 nitrogen and oxygen atoms in total. The second-order valence-electron chi connectivity index (χ2n) is 4.81. The molecule has 0 spiro atoms. The number of nitrogens with zero attached hydrogens (tertiary/aromatic N) is 2. The van der Waals surface area contributed by atoms with Crippen LogP contribution in [0.25, 0.3) is 0 Å². The summed E-state index contributed by atoms with van der Waals surface area (Å²) in [6, 6.07) is 6.84. The third kappa shape index (κ3) is 3.62. The smallest absolute Gasteiger partial charge is 0.240 e. The van der Waals surface area contributed by atoms with Crippen LogP contribution in [-0.4, -0.2) is 24.7 Å². The Morgan fingerprint density at radius 2 is 2.10 bits per heavy atom. The maximum Gasteiger partial charge on any atom is 0.240 e. The Morgan fingerprint density at radius 3 is 2.71 bits per heavy atom. The molecular weight excluding hydrogens is 288 g/mol. The van der Waals surface area contributed by atoms with E-state index in [0.29, 0.717) is 25.1 Å². The van der Waals surface area contributed by atoms with E-state index in [1.807, 2.05) is 20.0 Å². The second kappa shape index (κ2) is 6.28. The number of nitrogens with one attached hydrogen (secondary N) is 1. The minimum absolute atomic E-state index is 0.259. The summed E-state index contributed by atoms with van der Waals surface area (Å²) >= 11 is 0. The van der Waals surface area contributed by atoms with Crippen LogP contribution in [0.2, 0.25) is 0 Å². The fourth-order valence-corrected chi connectivity index (χ4v) is 3.53. The monoisotopic (exact) mass is 308 g/mol. The van der Waals surface area contributed by atoms with Gasteiger partial charge in [-0.2, -0.15) is 5.10 Å².